The summed E-state index contributed by atoms with van der Waals surface area (Å²) < 4.78 is 28.7. The van der Waals surface area contributed by atoms with Crippen LogP contribution in [0.3, 0.4) is 0 Å². The van der Waals surface area contributed by atoms with Crippen LogP contribution < -0.4 is 4.74 Å². The molecule has 1 atom stereocenters. The molecular weight excluding hydrogens is 202 g/mol. The number of benzene rings is 1. The van der Waals surface area contributed by atoms with E-state index in [4.69, 9.17) is 0 Å². The third-order valence-electron chi connectivity index (χ3n) is 2.02. The van der Waals surface area contributed by atoms with Gasteiger partial charge < -0.3 is 9.84 Å². The van der Waals surface area contributed by atoms with Crippen molar-refractivity contribution in [1.29, 1.82) is 0 Å². The molecule has 0 aliphatic heterocycles. The van der Waals surface area contributed by atoms with E-state index < -0.39 is 12.7 Å². The number of aryl methyl sites for hydroxylation is 1. The first kappa shape index (κ1) is 11.9. The van der Waals surface area contributed by atoms with E-state index in [0.29, 0.717) is 17.5 Å². The van der Waals surface area contributed by atoms with E-state index >= 15 is 0 Å². The number of rotatable bonds is 4. The molecule has 0 heterocycles. The Labute approximate surface area is 87.5 Å². The fourth-order valence-corrected chi connectivity index (χ4v) is 1.45. The second kappa shape index (κ2) is 5.07. The Morgan fingerprint density at radius 2 is 2.07 bits per heavy atom. The molecule has 0 saturated heterocycles. The van der Waals surface area contributed by atoms with Crippen LogP contribution in [0.5, 0.6) is 5.75 Å². The predicted octanol–water partition coefficient (Wildman–Crippen LogP) is 2.52. The van der Waals surface area contributed by atoms with Gasteiger partial charge in [-0.15, -0.1) is 0 Å². The van der Waals surface area contributed by atoms with Gasteiger partial charge in [-0.05, 0) is 25.0 Å². The molecule has 0 bridgehead atoms. The van der Waals surface area contributed by atoms with Crippen molar-refractivity contribution in [3.8, 4) is 5.75 Å². The third kappa shape index (κ3) is 3.47. The summed E-state index contributed by atoms with van der Waals surface area (Å²) in [5.41, 5.74) is 1.25. The molecule has 2 nitrogen and oxygen atoms in total. The summed E-state index contributed by atoms with van der Waals surface area (Å²) in [4.78, 5) is 0. The molecule has 84 valence electrons. The van der Waals surface area contributed by atoms with Crippen molar-refractivity contribution in [2.24, 2.45) is 0 Å². The number of aliphatic hydroxyl groups excluding tert-OH is 1. The van der Waals surface area contributed by atoms with Crippen LogP contribution in [0.4, 0.5) is 8.78 Å². The highest BCUT2D eigenvalue weighted by Gasteiger charge is 2.13. The van der Waals surface area contributed by atoms with Gasteiger partial charge in [-0.2, -0.15) is 8.78 Å². The average Bonchev–Trinajstić information content (AvgIpc) is 2.09. The lowest BCUT2D eigenvalue weighted by Gasteiger charge is -2.14. The van der Waals surface area contributed by atoms with Crippen LogP contribution in [0, 0.1) is 6.92 Å². The van der Waals surface area contributed by atoms with E-state index in [9.17, 15) is 13.9 Å². The Morgan fingerprint density at radius 1 is 1.40 bits per heavy atom. The van der Waals surface area contributed by atoms with Crippen molar-refractivity contribution in [2.75, 3.05) is 0 Å². The second-order valence-corrected chi connectivity index (χ2v) is 3.49. The van der Waals surface area contributed by atoms with Crippen LogP contribution >= 0.6 is 0 Å². The first-order valence-electron chi connectivity index (χ1n) is 4.72. The highest BCUT2D eigenvalue weighted by atomic mass is 19.3. The number of aliphatic hydroxyl groups is 1. The first-order valence-corrected chi connectivity index (χ1v) is 4.72. The zero-order chi connectivity index (χ0) is 11.4. The molecule has 0 aromatic heterocycles. The summed E-state index contributed by atoms with van der Waals surface area (Å²) in [5, 5.41) is 9.21. The lowest BCUT2D eigenvalue weighted by molar-refractivity contribution is -0.0511. The minimum absolute atomic E-state index is 0.174. The molecule has 1 aromatic carbocycles. The van der Waals surface area contributed by atoms with Crippen molar-refractivity contribution in [3.63, 3.8) is 0 Å². The Kier molecular flexibility index (Phi) is 4.03. The van der Waals surface area contributed by atoms with E-state index in [1.54, 1.807) is 32.0 Å². The smallest absolute Gasteiger partial charge is 0.387 e. The summed E-state index contributed by atoms with van der Waals surface area (Å²) in [5.74, 6) is 0.174. The third-order valence-corrected chi connectivity index (χ3v) is 2.02. The lowest BCUT2D eigenvalue weighted by atomic mass is 10.0. The van der Waals surface area contributed by atoms with Crippen LogP contribution in [-0.4, -0.2) is 17.8 Å². The van der Waals surface area contributed by atoms with E-state index in [2.05, 4.69) is 4.74 Å². The Bertz CT molecular complexity index is 324. The number of alkyl halides is 2. The normalized spacial score (nSPS) is 12.9. The highest BCUT2D eigenvalue weighted by Crippen LogP contribution is 2.26. The van der Waals surface area contributed by atoms with Gasteiger partial charge in [0.05, 0.1) is 6.10 Å². The molecule has 0 aliphatic carbocycles. The SMILES string of the molecule is Cc1cccc(C[C@@H](C)O)c1OC(F)F. The quantitative estimate of drug-likeness (QED) is 0.838. The maximum atomic E-state index is 12.1. The molecule has 1 N–H and O–H groups in total. The van der Waals surface area contributed by atoms with Crippen LogP contribution in [0.25, 0.3) is 0 Å². The minimum atomic E-state index is -2.83. The monoisotopic (exact) mass is 216 g/mol. The molecule has 0 fully saturated rings. The molecule has 0 radical (unpaired) electrons. The van der Waals surface area contributed by atoms with E-state index in [-0.39, 0.29) is 5.75 Å². The van der Waals surface area contributed by atoms with Gasteiger partial charge in [0.2, 0.25) is 0 Å². The van der Waals surface area contributed by atoms with Gasteiger partial charge in [-0.25, -0.2) is 0 Å². The molecular formula is C11H14F2O2. The van der Waals surface area contributed by atoms with Crippen molar-refractivity contribution < 1.29 is 18.6 Å². The van der Waals surface area contributed by atoms with Gasteiger partial charge in [0.1, 0.15) is 5.75 Å². The molecule has 0 aliphatic rings. The highest BCUT2D eigenvalue weighted by molar-refractivity contribution is 5.41. The number of hydrogen-bond donors (Lipinski definition) is 1. The Balaban J connectivity index is 2.97. The Morgan fingerprint density at radius 3 is 2.60 bits per heavy atom. The average molecular weight is 216 g/mol. The van der Waals surface area contributed by atoms with Gasteiger partial charge in [0.25, 0.3) is 0 Å². The van der Waals surface area contributed by atoms with Crippen LogP contribution in [0.2, 0.25) is 0 Å². The summed E-state index contributed by atoms with van der Waals surface area (Å²) in [7, 11) is 0. The summed E-state index contributed by atoms with van der Waals surface area (Å²) in [6.07, 6.45) is -0.268. The molecule has 1 aromatic rings. The molecule has 0 spiro atoms. The first-order chi connectivity index (χ1) is 7.00. The second-order valence-electron chi connectivity index (χ2n) is 3.49. The van der Waals surface area contributed by atoms with Crippen LogP contribution in [0.1, 0.15) is 18.1 Å². The lowest BCUT2D eigenvalue weighted by Crippen LogP contribution is -2.10. The van der Waals surface area contributed by atoms with Crippen molar-refractivity contribution >= 4 is 0 Å². The largest absolute Gasteiger partial charge is 0.434 e. The zero-order valence-corrected chi connectivity index (χ0v) is 8.71. The molecule has 0 amide bonds. The van der Waals surface area contributed by atoms with Crippen molar-refractivity contribution in [3.05, 3.63) is 29.3 Å². The fraction of sp³-hybridized carbons (Fsp3) is 0.455. The van der Waals surface area contributed by atoms with Crippen LogP contribution in [0.15, 0.2) is 18.2 Å². The van der Waals surface area contributed by atoms with E-state index in [1.165, 1.54) is 0 Å². The molecule has 4 heteroatoms. The number of ether oxygens (including phenoxy) is 1. The van der Waals surface area contributed by atoms with Gasteiger partial charge in [0.15, 0.2) is 0 Å². The van der Waals surface area contributed by atoms with E-state index in [0.717, 1.165) is 0 Å². The van der Waals surface area contributed by atoms with Gasteiger partial charge in [0, 0.05) is 6.42 Å². The maximum absolute atomic E-state index is 12.1. The number of hydrogen-bond acceptors (Lipinski definition) is 2. The maximum Gasteiger partial charge on any atom is 0.387 e. The molecule has 0 unspecified atom stereocenters. The summed E-state index contributed by atoms with van der Waals surface area (Å²) in [6, 6.07) is 5.13. The Hall–Kier alpha value is -1.16. The zero-order valence-electron chi connectivity index (χ0n) is 8.71. The van der Waals surface area contributed by atoms with Crippen molar-refractivity contribution in [1.82, 2.24) is 0 Å². The molecule has 1 rings (SSSR count). The number of para-hydroxylation sites is 1. The standard InChI is InChI=1S/C11H14F2O2/c1-7-4-3-5-9(6-8(2)14)10(7)15-11(12)13/h3-5,8,11,14H,6H2,1-2H3/t8-/m1/s1. The molecule has 15 heavy (non-hydrogen) atoms. The summed E-state index contributed by atoms with van der Waals surface area (Å²) in [6.45, 7) is 0.469. The van der Waals surface area contributed by atoms with Crippen molar-refractivity contribution in [2.45, 2.75) is 33.0 Å². The number of halogens is 2. The van der Waals surface area contributed by atoms with Crippen LogP contribution in [-0.2, 0) is 6.42 Å². The van der Waals surface area contributed by atoms with Gasteiger partial charge in [-0.3, -0.25) is 0 Å². The topological polar surface area (TPSA) is 29.5 Å². The molecule has 0 saturated carbocycles. The van der Waals surface area contributed by atoms with Gasteiger partial charge in [-0.1, -0.05) is 18.2 Å². The van der Waals surface area contributed by atoms with E-state index in [1.807, 2.05) is 0 Å². The summed E-state index contributed by atoms with van der Waals surface area (Å²) >= 11 is 0. The minimum Gasteiger partial charge on any atom is -0.434 e. The van der Waals surface area contributed by atoms with Gasteiger partial charge >= 0.3 is 6.61 Å². The predicted molar refractivity (Wildman–Crippen MR) is 53.2 cm³/mol. The fourth-order valence-electron chi connectivity index (χ4n) is 1.45.